The summed E-state index contributed by atoms with van der Waals surface area (Å²) < 4.78 is 18.7. The van der Waals surface area contributed by atoms with Crippen molar-refractivity contribution in [2.75, 3.05) is 20.2 Å². The Kier molecular flexibility index (Phi) is 7.61. The summed E-state index contributed by atoms with van der Waals surface area (Å²) in [6.07, 6.45) is 0.909. The highest BCUT2D eigenvalue weighted by Gasteiger charge is 2.35. The van der Waals surface area contributed by atoms with E-state index in [1.165, 1.54) is 13.2 Å². The second-order valence-corrected chi connectivity index (χ2v) is 10.8. The monoisotopic (exact) mass is 534 g/mol. The van der Waals surface area contributed by atoms with E-state index in [-0.39, 0.29) is 29.8 Å². The number of methoxy groups -OCH3 is 1. The summed E-state index contributed by atoms with van der Waals surface area (Å²) in [6, 6.07) is 13.9. The zero-order valence-corrected chi connectivity index (χ0v) is 22.5. The molecule has 0 aliphatic carbocycles. The number of aromatic hydroxyl groups is 1. The molecule has 2 bridgehead atoms. The van der Waals surface area contributed by atoms with Gasteiger partial charge in [-0.3, -0.25) is 19.3 Å². The molecule has 1 saturated heterocycles. The van der Waals surface area contributed by atoms with Crippen molar-refractivity contribution in [3.05, 3.63) is 91.9 Å². The Hall–Kier alpha value is -3.85. The molecule has 0 unspecified atom stereocenters. The Morgan fingerprint density at radius 3 is 2.59 bits per heavy atom. The fourth-order valence-corrected chi connectivity index (χ4v) is 5.88. The Morgan fingerprint density at radius 2 is 1.87 bits per heavy atom. The summed E-state index contributed by atoms with van der Waals surface area (Å²) in [5, 5.41) is 10.8. The van der Waals surface area contributed by atoms with E-state index in [4.69, 9.17) is 13.9 Å². The average molecular weight is 535 g/mol. The van der Waals surface area contributed by atoms with Gasteiger partial charge in [-0.15, -0.1) is 0 Å². The molecule has 39 heavy (non-hydrogen) atoms. The Balaban J connectivity index is 1.43. The normalized spacial score (nSPS) is 19.4. The number of hydrogen-bond acceptors (Lipinski definition) is 8. The molecule has 206 valence electrons. The largest absolute Gasteiger partial charge is 0.502 e. The number of rotatable bonds is 8. The van der Waals surface area contributed by atoms with Gasteiger partial charge >= 0.3 is 5.97 Å². The van der Waals surface area contributed by atoms with Gasteiger partial charge in [0.15, 0.2) is 5.76 Å². The highest BCUT2D eigenvalue weighted by atomic mass is 16.5. The van der Waals surface area contributed by atoms with Gasteiger partial charge in [0, 0.05) is 43.4 Å². The molecule has 4 heterocycles. The molecule has 1 N–H and O–H groups in total. The van der Waals surface area contributed by atoms with Crippen molar-refractivity contribution >= 4 is 5.97 Å². The predicted octanol–water partition coefficient (Wildman–Crippen LogP) is 3.61. The number of fused-ring (bicyclic) bond motifs is 4. The maximum Gasteiger partial charge on any atom is 0.306 e. The molecular formula is C30H34N2O7. The summed E-state index contributed by atoms with van der Waals surface area (Å²) in [5.41, 5.74) is 1.20. The average Bonchev–Trinajstić information content (AvgIpc) is 2.90. The van der Waals surface area contributed by atoms with Crippen molar-refractivity contribution in [1.82, 2.24) is 9.47 Å². The number of ether oxygens (including phenoxy) is 2. The number of hydrogen-bond donors (Lipinski definition) is 1. The van der Waals surface area contributed by atoms with Gasteiger partial charge in [-0.25, -0.2) is 0 Å². The standard InChI is InChI=1S/C30H34N2O7/c1-18(2)38-22-9-7-20(8-10-22)24(13-28(35)37-3)30-29(36)26(33)12-23(39-30)17-31-14-19-11-21(16-31)25-5-4-6-27(34)32(25)15-19/h4-10,12,18-19,21,24,36H,11,13-17H2,1-3H3/t19-,21+,24-/m0/s1. The minimum Gasteiger partial charge on any atom is -0.502 e. The zero-order chi connectivity index (χ0) is 27.7. The Bertz CT molecular complexity index is 1460. The number of pyridine rings is 1. The SMILES string of the molecule is COC(=O)C[C@@H](c1ccc(OC(C)C)cc1)c1oc(CN2C[C@@H]3C[C@H](C2)c2cccc(=O)n2C3)cc(=O)c1O. The zero-order valence-electron chi connectivity index (χ0n) is 22.5. The molecule has 0 saturated carbocycles. The second kappa shape index (κ2) is 11.1. The first kappa shape index (κ1) is 26.7. The third-order valence-corrected chi connectivity index (χ3v) is 7.50. The molecular weight excluding hydrogens is 500 g/mol. The minimum atomic E-state index is -0.724. The lowest BCUT2D eigenvalue weighted by Gasteiger charge is -2.42. The molecule has 2 aliphatic heterocycles. The molecule has 9 nitrogen and oxygen atoms in total. The first-order valence-corrected chi connectivity index (χ1v) is 13.3. The maximum atomic E-state index is 12.9. The number of carbonyl (C=O) groups is 1. The van der Waals surface area contributed by atoms with Gasteiger partial charge < -0.3 is 23.6 Å². The van der Waals surface area contributed by atoms with Gasteiger partial charge in [-0.05, 0) is 49.9 Å². The Morgan fingerprint density at radius 1 is 1.10 bits per heavy atom. The second-order valence-electron chi connectivity index (χ2n) is 10.8. The molecule has 0 spiro atoms. The third-order valence-electron chi connectivity index (χ3n) is 7.50. The van der Waals surface area contributed by atoms with E-state index in [0.29, 0.717) is 36.1 Å². The molecule has 1 fully saturated rings. The van der Waals surface area contributed by atoms with Gasteiger partial charge in [0.25, 0.3) is 5.56 Å². The van der Waals surface area contributed by atoms with Crippen molar-refractivity contribution in [3.8, 4) is 11.5 Å². The molecule has 9 heteroatoms. The first-order chi connectivity index (χ1) is 18.7. The van der Waals surface area contributed by atoms with E-state index in [1.807, 2.05) is 30.5 Å². The molecule has 3 atom stereocenters. The number of likely N-dealkylation sites (tertiary alicyclic amines) is 1. The number of esters is 1. The molecule has 3 aromatic rings. The lowest BCUT2D eigenvalue weighted by Crippen LogP contribution is -2.46. The molecule has 5 rings (SSSR count). The van der Waals surface area contributed by atoms with Crippen LogP contribution in [-0.4, -0.2) is 46.8 Å². The van der Waals surface area contributed by atoms with E-state index in [0.717, 1.165) is 25.2 Å². The van der Waals surface area contributed by atoms with Crippen molar-refractivity contribution in [1.29, 1.82) is 0 Å². The first-order valence-electron chi connectivity index (χ1n) is 13.3. The van der Waals surface area contributed by atoms with Gasteiger partial charge in [0.1, 0.15) is 11.5 Å². The van der Waals surface area contributed by atoms with E-state index in [2.05, 4.69) is 4.90 Å². The smallest absolute Gasteiger partial charge is 0.306 e. The highest BCUT2D eigenvalue weighted by Crippen LogP contribution is 2.37. The van der Waals surface area contributed by atoms with Crippen LogP contribution in [0.25, 0.3) is 0 Å². The maximum absolute atomic E-state index is 12.9. The third kappa shape index (κ3) is 5.78. The van der Waals surface area contributed by atoms with Crippen LogP contribution in [0, 0.1) is 5.92 Å². The lowest BCUT2D eigenvalue weighted by atomic mass is 9.83. The van der Waals surface area contributed by atoms with Crippen molar-refractivity contribution < 1.29 is 23.8 Å². The van der Waals surface area contributed by atoms with Crippen molar-refractivity contribution in [2.24, 2.45) is 5.92 Å². The molecule has 1 aromatic carbocycles. The van der Waals surface area contributed by atoms with Crippen molar-refractivity contribution in [2.45, 2.75) is 57.7 Å². The molecule has 2 aromatic heterocycles. The highest BCUT2D eigenvalue weighted by molar-refractivity contribution is 5.71. The summed E-state index contributed by atoms with van der Waals surface area (Å²) in [6.45, 7) is 6.40. The van der Waals surface area contributed by atoms with Gasteiger partial charge in [-0.1, -0.05) is 18.2 Å². The minimum absolute atomic E-state index is 0.00390. The summed E-state index contributed by atoms with van der Waals surface area (Å²) in [7, 11) is 1.30. The summed E-state index contributed by atoms with van der Waals surface area (Å²) >= 11 is 0. The van der Waals surface area contributed by atoms with Gasteiger partial charge in [0.2, 0.25) is 11.2 Å². The van der Waals surface area contributed by atoms with Crippen LogP contribution in [0.3, 0.4) is 0 Å². The molecule has 0 radical (unpaired) electrons. The topological polar surface area (TPSA) is 111 Å². The van der Waals surface area contributed by atoms with Crippen LogP contribution >= 0.6 is 0 Å². The van der Waals surface area contributed by atoms with E-state index in [9.17, 15) is 19.5 Å². The number of nitrogens with zero attached hydrogens (tertiary/aromatic N) is 2. The summed E-state index contributed by atoms with van der Waals surface area (Å²) in [5.74, 6) is -0.0806. The fraction of sp³-hybridized carbons (Fsp3) is 0.433. The van der Waals surface area contributed by atoms with Gasteiger partial charge in [-0.2, -0.15) is 0 Å². The van der Waals surface area contributed by atoms with Crippen LogP contribution in [0.4, 0.5) is 0 Å². The predicted molar refractivity (Wildman–Crippen MR) is 144 cm³/mol. The quantitative estimate of drug-likeness (QED) is 0.437. The van der Waals surface area contributed by atoms with Crippen LogP contribution in [0.15, 0.2) is 62.5 Å². The number of piperidine rings is 1. The summed E-state index contributed by atoms with van der Waals surface area (Å²) in [4.78, 5) is 39.8. The van der Waals surface area contributed by atoms with Crippen LogP contribution in [0.5, 0.6) is 11.5 Å². The Labute approximate surface area is 226 Å². The van der Waals surface area contributed by atoms with Crippen LogP contribution in [0.1, 0.15) is 61.3 Å². The molecule has 2 aliphatic rings. The number of benzene rings is 1. The lowest BCUT2D eigenvalue weighted by molar-refractivity contribution is -0.140. The van der Waals surface area contributed by atoms with E-state index in [1.54, 1.807) is 30.3 Å². The van der Waals surface area contributed by atoms with Crippen LogP contribution < -0.4 is 15.7 Å². The molecule has 0 amide bonds. The number of aromatic nitrogens is 1. The van der Waals surface area contributed by atoms with Crippen LogP contribution in [-0.2, 0) is 22.6 Å². The van der Waals surface area contributed by atoms with E-state index < -0.39 is 23.1 Å². The fourth-order valence-electron chi connectivity index (χ4n) is 5.88. The number of carbonyl (C=O) groups excluding carboxylic acids is 1. The van der Waals surface area contributed by atoms with E-state index >= 15 is 0 Å². The van der Waals surface area contributed by atoms with Crippen LogP contribution in [0.2, 0.25) is 0 Å². The van der Waals surface area contributed by atoms with Gasteiger partial charge in [0.05, 0.1) is 32.1 Å². The van der Waals surface area contributed by atoms with Crippen molar-refractivity contribution in [3.63, 3.8) is 0 Å².